The minimum absolute atomic E-state index is 0.0723. The monoisotopic (exact) mass is 331 g/mol. The molecule has 6 heteroatoms. The van der Waals surface area contributed by atoms with Gasteiger partial charge in [-0.25, -0.2) is 8.42 Å². The van der Waals surface area contributed by atoms with Gasteiger partial charge in [-0.2, -0.15) is 0 Å². The second-order valence-corrected chi connectivity index (χ2v) is 7.07. The largest absolute Gasteiger partial charge is 0.328 e. The van der Waals surface area contributed by atoms with Crippen molar-refractivity contribution in [3.05, 3.63) is 28.7 Å². The molecule has 0 aromatic heterocycles. The van der Waals surface area contributed by atoms with Crippen LogP contribution in [0.25, 0.3) is 0 Å². The number of benzene rings is 1. The lowest BCUT2D eigenvalue weighted by atomic mass is 10.1. The van der Waals surface area contributed by atoms with Crippen molar-refractivity contribution in [1.82, 2.24) is 4.90 Å². The van der Waals surface area contributed by atoms with Gasteiger partial charge in [0.15, 0.2) is 9.84 Å². The number of likely N-dealkylation sites (tertiary alicyclic amines) is 1. The highest BCUT2D eigenvalue weighted by Crippen LogP contribution is 2.24. The first-order valence-corrected chi connectivity index (χ1v) is 8.20. The Morgan fingerprint density at radius 2 is 1.94 bits per heavy atom. The van der Waals surface area contributed by atoms with Crippen LogP contribution in [0, 0.1) is 0 Å². The zero-order chi connectivity index (χ0) is 13.2. The zero-order valence-electron chi connectivity index (χ0n) is 9.80. The van der Waals surface area contributed by atoms with E-state index < -0.39 is 9.84 Å². The highest BCUT2D eigenvalue weighted by atomic mass is 79.9. The van der Waals surface area contributed by atoms with Crippen LogP contribution >= 0.6 is 15.9 Å². The lowest BCUT2D eigenvalue weighted by Crippen LogP contribution is -2.39. The molecule has 4 nitrogen and oxygen atoms in total. The molecule has 0 bridgehead atoms. The van der Waals surface area contributed by atoms with E-state index in [-0.39, 0.29) is 16.7 Å². The number of carbonyl (C=O) groups is 1. The van der Waals surface area contributed by atoms with Gasteiger partial charge in [0.1, 0.15) is 5.88 Å². The number of rotatable bonds is 3. The molecule has 18 heavy (non-hydrogen) atoms. The fourth-order valence-corrected chi connectivity index (χ4v) is 4.47. The van der Waals surface area contributed by atoms with Gasteiger partial charge in [0.2, 0.25) is 5.91 Å². The van der Waals surface area contributed by atoms with Crippen LogP contribution in [0.5, 0.6) is 0 Å². The quantitative estimate of drug-likeness (QED) is 0.853. The molecule has 98 valence electrons. The van der Waals surface area contributed by atoms with Gasteiger partial charge in [0, 0.05) is 17.4 Å². The van der Waals surface area contributed by atoms with Crippen molar-refractivity contribution in [2.24, 2.45) is 0 Å². The molecule has 1 saturated heterocycles. The third kappa shape index (κ3) is 2.92. The first-order valence-electron chi connectivity index (χ1n) is 5.76. The Labute approximate surface area is 115 Å². The molecule has 1 aliphatic heterocycles. The maximum absolute atomic E-state index is 12.2. The summed E-state index contributed by atoms with van der Waals surface area (Å²) in [6.07, 6.45) is 2.17. The lowest BCUT2D eigenvalue weighted by molar-refractivity contribution is -0.132. The van der Waals surface area contributed by atoms with Crippen molar-refractivity contribution < 1.29 is 13.2 Å². The van der Waals surface area contributed by atoms with E-state index in [9.17, 15) is 13.2 Å². The summed E-state index contributed by atoms with van der Waals surface area (Å²) in [5, 5.41) is 0. The SMILES string of the molecule is O=C1CCCCN1CS(=O)(=O)c1ccccc1Br. The molecule has 1 heterocycles. The molecule has 0 N–H and O–H groups in total. The average molecular weight is 332 g/mol. The zero-order valence-corrected chi connectivity index (χ0v) is 12.2. The van der Waals surface area contributed by atoms with Gasteiger partial charge in [-0.3, -0.25) is 4.79 Å². The minimum atomic E-state index is -3.47. The molecular weight excluding hydrogens is 318 g/mol. The molecule has 0 spiro atoms. The van der Waals surface area contributed by atoms with Crippen LogP contribution in [0.4, 0.5) is 0 Å². The van der Waals surface area contributed by atoms with E-state index in [4.69, 9.17) is 0 Å². The molecule has 1 amide bonds. The van der Waals surface area contributed by atoms with Crippen molar-refractivity contribution in [2.75, 3.05) is 12.4 Å². The summed E-state index contributed by atoms with van der Waals surface area (Å²) < 4.78 is 25.0. The number of piperidine rings is 1. The maximum Gasteiger partial charge on any atom is 0.223 e. The van der Waals surface area contributed by atoms with E-state index >= 15 is 0 Å². The van der Waals surface area contributed by atoms with E-state index in [0.717, 1.165) is 12.8 Å². The Bertz CT molecular complexity index is 556. The Morgan fingerprint density at radius 1 is 1.22 bits per heavy atom. The Kier molecular flexibility index (Phi) is 4.07. The Morgan fingerprint density at radius 3 is 2.61 bits per heavy atom. The summed E-state index contributed by atoms with van der Waals surface area (Å²) >= 11 is 3.23. The van der Waals surface area contributed by atoms with E-state index in [1.807, 2.05) is 0 Å². The van der Waals surface area contributed by atoms with Gasteiger partial charge in [0.05, 0.1) is 4.90 Å². The van der Waals surface area contributed by atoms with E-state index in [1.54, 1.807) is 24.3 Å². The highest BCUT2D eigenvalue weighted by Gasteiger charge is 2.26. The van der Waals surface area contributed by atoms with Crippen molar-refractivity contribution >= 4 is 31.7 Å². The summed E-state index contributed by atoms with van der Waals surface area (Å²) in [6, 6.07) is 6.67. The van der Waals surface area contributed by atoms with E-state index in [1.165, 1.54) is 4.90 Å². The molecule has 0 saturated carbocycles. The second-order valence-electron chi connectivity index (χ2n) is 4.29. The van der Waals surface area contributed by atoms with Crippen LogP contribution in [-0.2, 0) is 14.6 Å². The standard InChI is InChI=1S/C12H14BrNO3S/c13-10-5-1-2-6-11(10)18(16,17)9-14-8-4-3-7-12(14)15/h1-2,5-6H,3-4,7-9H2. The molecule has 0 aliphatic carbocycles. The van der Waals surface area contributed by atoms with Crippen molar-refractivity contribution in [2.45, 2.75) is 24.2 Å². The van der Waals surface area contributed by atoms with Crippen LogP contribution in [0.1, 0.15) is 19.3 Å². The number of carbonyl (C=O) groups excluding carboxylic acids is 1. The highest BCUT2D eigenvalue weighted by molar-refractivity contribution is 9.10. The molecule has 0 unspecified atom stereocenters. The van der Waals surface area contributed by atoms with Crippen molar-refractivity contribution in [3.63, 3.8) is 0 Å². The normalized spacial score (nSPS) is 16.9. The van der Waals surface area contributed by atoms with Crippen LogP contribution in [0.3, 0.4) is 0 Å². The van der Waals surface area contributed by atoms with E-state index in [0.29, 0.717) is 17.4 Å². The summed E-state index contributed by atoms with van der Waals surface area (Å²) in [5.41, 5.74) is 0. The van der Waals surface area contributed by atoms with E-state index in [2.05, 4.69) is 15.9 Å². The topological polar surface area (TPSA) is 54.5 Å². The molecule has 1 fully saturated rings. The molecule has 1 aliphatic rings. The molecular formula is C12H14BrNO3S. The number of hydrogen-bond donors (Lipinski definition) is 0. The second kappa shape index (κ2) is 5.40. The third-order valence-corrected chi connectivity index (χ3v) is 5.55. The smallest absolute Gasteiger partial charge is 0.223 e. The number of sulfone groups is 1. The fourth-order valence-electron chi connectivity index (χ4n) is 1.97. The number of halogens is 1. The van der Waals surface area contributed by atoms with Gasteiger partial charge >= 0.3 is 0 Å². The molecule has 2 rings (SSSR count). The molecule has 0 atom stereocenters. The Balaban J connectivity index is 2.22. The van der Waals surface area contributed by atoms with Gasteiger partial charge in [-0.1, -0.05) is 12.1 Å². The molecule has 1 aromatic rings. The van der Waals surface area contributed by atoms with Gasteiger partial charge in [0.25, 0.3) is 0 Å². The number of nitrogens with zero attached hydrogens (tertiary/aromatic N) is 1. The Hall–Kier alpha value is -0.880. The first-order chi connectivity index (χ1) is 8.50. The molecule has 0 radical (unpaired) electrons. The first kappa shape index (κ1) is 13.5. The van der Waals surface area contributed by atoms with Crippen LogP contribution < -0.4 is 0 Å². The number of hydrogen-bond acceptors (Lipinski definition) is 3. The van der Waals surface area contributed by atoms with Gasteiger partial charge in [-0.05, 0) is 40.9 Å². The van der Waals surface area contributed by atoms with Crippen molar-refractivity contribution in [3.8, 4) is 0 Å². The van der Waals surface area contributed by atoms with Crippen LogP contribution in [0.2, 0.25) is 0 Å². The maximum atomic E-state index is 12.2. The molecule has 1 aromatic carbocycles. The van der Waals surface area contributed by atoms with Crippen LogP contribution in [0.15, 0.2) is 33.6 Å². The third-order valence-electron chi connectivity index (χ3n) is 2.92. The summed E-state index contributed by atoms with van der Waals surface area (Å²) in [7, 11) is -3.47. The summed E-state index contributed by atoms with van der Waals surface area (Å²) in [5.74, 6) is -0.300. The fraction of sp³-hybridized carbons (Fsp3) is 0.417. The van der Waals surface area contributed by atoms with Crippen molar-refractivity contribution in [1.29, 1.82) is 0 Å². The van der Waals surface area contributed by atoms with Gasteiger partial charge in [-0.15, -0.1) is 0 Å². The predicted octanol–water partition coefficient (Wildman–Crippen LogP) is 2.19. The summed E-state index contributed by atoms with van der Waals surface area (Å²) in [4.78, 5) is 13.3. The van der Waals surface area contributed by atoms with Crippen LogP contribution in [-0.4, -0.2) is 31.6 Å². The lowest BCUT2D eigenvalue weighted by Gasteiger charge is -2.26. The summed E-state index contributed by atoms with van der Waals surface area (Å²) in [6.45, 7) is 0.530. The van der Waals surface area contributed by atoms with Gasteiger partial charge < -0.3 is 4.90 Å². The minimum Gasteiger partial charge on any atom is -0.328 e. The number of amides is 1. The predicted molar refractivity (Wildman–Crippen MR) is 71.8 cm³/mol. The average Bonchev–Trinajstić information content (AvgIpc) is 2.32.